The lowest BCUT2D eigenvalue weighted by atomic mass is 10.1. The largest absolute Gasteiger partial charge is 0.355 e. The van der Waals surface area contributed by atoms with Gasteiger partial charge in [0.1, 0.15) is 0 Å². The van der Waals surface area contributed by atoms with E-state index < -0.39 is 9.84 Å². The first-order chi connectivity index (χ1) is 7.53. The van der Waals surface area contributed by atoms with Crippen LogP contribution in [0.2, 0.25) is 0 Å². The summed E-state index contributed by atoms with van der Waals surface area (Å²) in [6, 6.07) is 0. The van der Waals surface area contributed by atoms with Crippen LogP contribution in [-0.4, -0.2) is 32.4 Å². The molecule has 1 aliphatic heterocycles. The zero-order valence-electron chi connectivity index (χ0n) is 9.45. The molecule has 1 unspecified atom stereocenters. The van der Waals surface area contributed by atoms with Crippen LogP contribution in [0.1, 0.15) is 26.2 Å². The number of rotatable bonds is 4. The topological polar surface area (TPSA) is 63.2 Å². The molecule has 0 radical (unpaired) electrons. The van der Waals surface area contributed by atoms with Gasteiger partial charge in [0.15, 0.2) is 9.84 Å². The average Bonchev–Trinajstić information content (AvgIpc) is 2.53. The van der Waals surface area contributed by atoms with Gasteiger partial charge >= 0.3 is 0 Å². The van der Waals surface area contributed by atoms with E-state index >= 15 is 0 Å². The molecule has 1 rings (SSSR count). The lowest BCUT2D eigenvalue weighted by molar-refractivity contribution is -0.121. The highest BCUT2D eigenvalue weighted by Gasteiger charge is 2.29. The molecule has 1 N–H and O–H groups in total. The molecule has 0 spiro atoms. The Kier molecular flexibility index (Phi) is 4.81. The van der Waals surface area contributed by atoms with Crippen molar-refractivity contribution in [1.82, 2.24) is 5.32 Å². The highest BCUT2D eigenvalue weighted by atomic mass is 32.2. The summed E-state index contributed by atoms with van der Waals surface area (Å²) in [7, 11) is -2.87. The Morgan fingerprint density at radius 1 is 1.50 bits per heavy atom. The van der Waals surface area contributed by atoms with Gasteiger partial charge in [0.25, 0.3) is 0 Å². The molecular weight excluding hydrogens is 226 g/mol. The monoisotopic (exact) mass is 243 g/mol. The van der Waals surface area contributed by atoms with Crippen LogP contribution in [0.25, 0.3) is 0 Å². The van der Waals surface area contributed by atoms with Crippen molar-refractivity contribution in [3.63, 3.8) is 0 Å². The molecule has 1 saturated heterocycles. The van der Waals surface area contributed by atoms with Gasteiger partial charge in [-0.15, -0.1) is 11.8 Å². The highest BCUT2D eigenvalue weighted by Crippen LogP contribution is 2.21. The summed E-state index contributed by atoms with van der Waals surface area (Å²) in [6.45, 7) is 2.30. The summed E-state index contributed by atoms with van der Waals surface area (Å²) in [5.41, 5.74) is 0. The van der Waals surface area contributed by atoms with Crippen molar-refractivity contribution in [1.29, 1.82) is 0 Å². The van der Waals surface area contributed by atoms with Gasteiger partial charge in [-0.2, -0.15) is 0 Å². The molecule has 16 heavy (non-hydrogen) atoms. The SMILES string of the molecule is CC#CCCNC(=O)CC1CCS(=O)(=O)C1. The van der Waals surface area contributed by atoms with Gasteiger partial charge in [-0.25, -0.2) is 8.42 Å². The Hall–Kier alpha value is -1.02. The summed E-state index contributed by atoms with van der Waals surface area (Å²) in [6.07, 6.45) is 1.58. The molecule has 4 nitrogen and oxygen atoms in total. The molecule has 1 amide bonds. The number of carbonyl (C=O) groups excluding carboxylic acids is 1. The van der Waals surface area contributed by atoms with E-state index in [4.69, 9.17) is 0 Å². The van der Waals surface area contributed by atoms with Gasteiger partial charge in [0.05, 0.1) is 11.5 Å². The Balaban J connectivity index is 2.22. The van der Waals surface area contributed by atoms with E-state index in [0.717, 1.165) is 0 Å². The van der Waals surface area contributed by atoms with Crippen LogP contribution < -0.4 is 5.32 Å². The molecule has 90 valence electrons. The Bertz CT molecular complexity index is 403. The summed E-state index contributed by atoms with van der Waals surface area (Å²) >= 11 is 0. The number of amides is 1. The number of nitrogens with one attached hydrogen (secondary N) is 1. The van der Waals surface area contributed by atoms with Gasteiger partial charge in [-0.3, -0.25) is 4.79 Å². The first-order valence-electron chi connectivity index (χ1n) is 5.40. The minimum absolute atomic E-state index is 0.00209. The molecule has 5 heteroatoms. The van der Waals surface area contributed by atoms with Crippen LogP contribution >= 0.6 is 0 Å². The maximum Gasteiger partial charge on any atom is 0.220 e. The smallest absolute Gasteiger partial charge is 0.220 e. The maximum atomic E-state index is 11.4. The first kappa shape index (κ1) is 13.0. The number of hydrogen-bond acceptors (Lipinski definition) is 3. The third-order valence-electron chi connectivity index (χ3n) is 2.55. The zero-order chi connectivity index (χ0) is 12.0. The van der Waals surface area contributed by atoms with Crippen molar-refractivity contribution in [3.8, 4) is 11.8 Å². The molecule has 1 fully saturated rings. The summed E-state index contributed by atoms with van der Waals surface area (Å²) in [5, 5.41) is 2.74. The molecule has 0 aliphatic carbocycles. The predicted molar refractivity (Wildman–Crippen MR) is 62.5 cm³/mol. The fraction of sp³-hybridized carbons (Fsp3) is 0.727. The van der Waals surface area contributed by atoms with Gasteiger partial charge in [-0.1, -0.05) is 0 Å². The highest BCUT2D eigenvalue weighted by molar-refractivity contribution is 7.91. The van der Waals surface area contributed by atoms with Gasteiger partial charge < -0.3 is 5.32 Å². The van der Waals surface area contributed by atoms with Crippen LogP contribution in [0.4, 0.5) is 0 Å². The van der Waals surface area contributed by atoms with E-state index in [1.54, 1.807) is 6.92 Å². The fourth-order valence-corrected chi connectivity index (χ4v) is 3.62. The maximum absolute atomic E-state index is 11.4. The van der Waals surface area contributed by atoms with Gasteiger partial charge in [0, 0.05) is 19.4 Å². The second-order valence-corrected chi connectivity index (χ2v) is 6.23. The van der Waals surface area contributed by atoms with Crippen molar-refractivity contribution >= 4 is 15.7 Å². The van der Waals surface area contributed by atoms with Crippen molar-refractivity contribution in [3.05, 3.63) is 0 Å². The quantitative estimate of drug-likeness (QED) is 0.572. The zero-order valence-corrected chi connectivity index (χ0v) is 10.3. The average molecular weight is 243 g/mol. The normalized spacial score (nSPS) is 22.2. The summed E-state index contributed by atoms with van der Waals surface area (Å²) < 4.78 is 22.3. The predicted octanol–water partition coefficient (Wildman–Crippen LogP) is 0.341. The van der Waals surface area contributed by atoms with E-state index in [9.17, 15) is 13.2 Å². The molecule has 1 heterocycles. The molecule has 0 aromatic rings. The number of hydrogen-bond donors (Lipinski definition) is 1. The van der Waals surface area contributed by atoms with Crippen molar-refractivity contribution in [2.45, 2.75) is 26.2 Å². The van der Waals surface area contributed by atoms with E-state index in [1.807, 2.05) is 0 Å². The van der Waals surface area contributed by atoms with Crippen molar-refractivity contribution < 1.29 is 13.2 Å². The standard InChI is InChI=1S/C11H17NO3S/c1-2-3-4-6-12-11(13)8-10-5-7-16(14,15)9-10/h10H,4-9H2,1H3,(H,12,13). The van der Waals surface area contributed by atoms with E-state index in [-0.39, 0.29) is 23.3 Å². The minimum Gasteiger partial charge on any atom is -0.355 e. The van der Waals surface area contributed by atoms with Crippen LogP contribution in [0, 0.1) is 17.8 Å². The molecular formula is C11H17NO3S. The third-order valence-corrected chi connectivity index (χ3v) is 4.39. The second-order valence-electron chi connectivity index (χ2n) is 4.00. The summed E-state index contributed by atoms with van der Waals surface area (Å²) in [4.78, 5) is 11.4. The van der Waals surface area contributed by atoms with Crippen molar-refractivity contribution in [2.24, 2.45) is 5.92 Å². The Morgan fingerprint density at radius 2 is 2.25 bits per heavy atom. The van der Waals surface area contributed by atoms with E-state index in [0.29, 0.717) is 25.8 Å². The number of carbonyl (C=O) groups is 1. The van der Waals surface area contributed by atoms with Gasteiger partial charge in [-0.05, 0) is 19.3 Å². The molecule has 0 aromatic heterocycles. The van der Waals surface area contributed by atoms with Crippen LogP contribution in [0.5, 0.6) is 0 Å². The van der Waals surface area contributed by atoms with Gasteiger partial charge in [0.2, 0.25) is 5.91 Å². The van der Waals surface area contributed by atoms with Crippen molar-refractivity contribution in [2.75, 3.05) is 18.1 Å². The fourth-order valence-electron chi connectivity index (χ4n) is 1.76. The van der Waals surface area contributed by atoms with E-state index in [2.05, 4.69) is 17.2 Å². The van der Waals surface area contributed by atoms with E-state index in [1.165, 1.54) is 0 Å². The number of sulfone groups is 1. The minimum atomic E-state index is -2.87. The molecule has 0 bridgehead atoms. The van der Waals surface area contributed by atoms with Crippen LogP contribution in [-0.2, 0) is 14.6 Å². The molecule has 1 aliphatic rings. The molecule has 0 aromatic carbocycles. The second kappa shape index (κ2) is 5.90. The third kappa shape index (κ3) is 4.67. The van der Waals surface area contributed by atoms with Crippen LogP contribution in [0.3, 0.4) is 0 Å². The molecule has 1 atom stereocenters. The van der Waals surface area contributed by atoms with Crippen LogP contribution in [0.15, 0.2) is 0 Å². The first-order valence-corrected chi connectivity index (χ1v) is 7.22. The lowest BCUT2D eigenvalue weighted by Gasteiger charge is -2.07. The Morgan fingerprint density at radius 3 is 2.81 bits per heavy atom. The molecule has 0 saturated carbocycles. The lowest BCUT2D eigenvalue weighted by Crippen LogP contribution is -2.26. The summed E-state index contributed by atoms with van der Waals surface area (Å²) in [5.74, 6) is 5.92. The Labute approximate surface area is 96.7 Å².